The van der Waals surface area contributed by atoms with E-state index in [-0.39, 0.29) is 35.7 Å². The molecule has 2 saturated heterocycles. The van der Waals surface area contributed by atoms with Gasteiger partial charge in [0.25, 0.3) is 0 Å². The molecule has 8 nitrogen and oxygen atoms in total. The number of amides is 2. The summed E-state index contributed by atoms with van der Waals surface area (Å²) in [5, 5.41) is 14.0. The molecule has 2 atom stereocenters. The molecule has 0 bridgehead atoms. The van der Waals surface area contributed by atoms with E-state index >= 15 is 0 Å². The molecule has 2 rings (SSSR count). The molecule has 2 aliphatic rings. The van der Waals surface area contributed by atoms with E-state index in [1.54, 1.807) is 4.90 Å². The molecule has 0 aromatic heterocycles. The molecule has 0 saturated carbocycles. The van der Waals surface area contributed by atoms with Crippen molar-refractivity contribution in [3.63, 3.8) is 0 Å². The Balaban J connectivity index is 1.93. The van der Waals surface area contributed by atoms with Gasteiger partial charge in [-0.2, -0.15) is 0 Å². The third-order valence-electron chi connectivity index (χ3n) is 4.38. The minimum atomic E-state index is -0.731. The largest absolute Gasteiger partial charge is 0.444 e. The second-order valence-electron chi connectivity index (χ2n) is 7.29. The van der Waals surface area contributed by atoms with Crippen molar-refractivity contribution >= 4 is 12.0 Å². The number of nitrogens with zero attached hydrogens (tertiary/aromatic N) is 2. The number of hydrogen-bond acceptors (Lipinski definition) is 5. The maximum absolute atomic E-state index is 12.0. The van der Waals surface area contributed by atoms with E-state index in [0.717, 1.165) is 0 Å². The minimum Gasteiger partial charge on any atom is -0.444 e. The zero-order valence-electron chi connectivity index (χ0n) is 13.9. The molecule has 0 radical (unpaired) electrons. The lowest BCUT2D eigenvalue weighted by molar-refractivity contribution is -0.530. The molecule has 2 aliphatic heterocycles. The fourth-order valence-electron chi connectivity index (χ4n) is 3.25. The molecular weight excluding hydrogens is 302 g/mol. The summed E-state index contributed by atoms with van der Waals surface area (Å²) in [6.07, 6.45) is 1.41. The molecule has 0 aromatic carbocycles. The van der Waals surface area contributed by atoms with Crippen LogP contribution in [0.3, 0.4) is 0 Å². The van der Waals surface area contributed by atoms with Crippen LogP contribution in [0.4, 0.5) is 4.79 Å². The zero-order chi connectivity index (χ0) is 17.2. The Morgan fingerprint density at radius 1 is 1.30 bits per heavy atom. The molecule has 2 amide bonds. The van der Waals surface area contributed by atoms with E-state index in [4.69, 9.17) is 4.74 Å². The highest BCUT2D eigenvalue weighted by atomic mass is 16.6. The summed E-state index contributed by atoms with van der Waals surface area (Å²) in [4.78, 5) is 36.2. The summed E-state index contributed by atoms with van der Waals surface area (Å²) in [5.41, 5.74) is -0.540. The van der Waals surface area contributed by atoms with Crippen molar-refractivity contribution in [2.45, 2.75) is 64.1 Å². The van der Waals surface area contributed by atoms with Gasteiger partial charge in [0, 0.05) is 30.9 Å². The van der Waals surface area contributed by atoms with E-state index < -0.39 is 17.7 Å². The van der Waals surface area contributed by atoms with Crippen molar-refractivity contribution in [2.24, 2.45) is 5.92 Å². The number of rotatable bonds is 2. The Morgan fingerprint density at radius 2 is 1.91 bits per heavy atom. The lowest BCUT2D eigenvalue weighted by Crippen LogP contribution is -2.57. The predicted molar refractivity (Wildman–Crippen MR) is 82.5 cm³/mol. The first kappa shape index (κ1) is 17.5. The van der Waals surface area contributed by atoms with Crippen LogP contribution in [0.5, 0.6) is 0 Å². The van der Waals surface area contributed by atoms with Crippen LogP contribution in [-0.2, 0) is 9.53 Å². The zero-order valence-corrected chi connectivity index (χ0v) is 13.9. The molecule has 23 heavy (non-hydrogen) atoms. The number of carbonyl (C=O) groups is 2. The monoisotopic (exact) mass is 327 g/mol. The third kappa shape index (κ3) is 4.56. The van der Waals surface area contributed by atoms with Crippen LogP contribution in [0.1, 0.15) is 46.5 Å². The summed E-state index contributed by atoms with van der Waals surface area (Å²) >= 11 is 0. The van der Waals surface area contributed by atoms with Gasteiger partial charge >= 0.3 is 6.09 Å². The Labute approximate surface area is 135 Å². The number of likely N-dealkylation sites (tertiary alicyclic amines) is 1. The molecule has 1 N–H and O–H groups in total. The SMILES string of the molecule is CC(C)(C)OC(=O)N1CCC([C@@H]2NC(=O)CC[C@@H]2[N+](=O)[O-])CC1. The van der Waals surface area contributed by atoms with E-state index in [0.29, 0.717) is 25.9 Å². The van der Waals surface area contributed by atoms with E-state index in [1.807, 2.05) is 20.8 Å². The summed E-state index contributed by atoms with van der Waals surface area (Å²) in [6.45, 7) is 6.44. The van der Waals surface area contributed by atoms with Crippen LogP contribution in [0.2, 0.25) is 0 Å². The van der Waals surface area contributed by atoms with Crippen LogP contribution >= 0.6 is 0 Å². The number of ether oxygens (including phenoxy) is 1. The maximum Gasteiger partial charge on any atom is 0.410 e. The first-order valence-corrected chi connectivity index (χ1v) is 8.08. The van der Waals surface area contributed by atoms with Gasteiger partial charge in [0.2, 0.25) is 11.9 Å². The number of nitro groups is 1. The van der Waals surface area contributed by atoms with Crippen molar-refractivity contribution in [1.82, 2.24) is 10.2 Å². The maximum atomic E-state index is 12.0. The molecule has 0 aromatic rings. The Bertz CT molecular complexity index is 480. The Morgan fingerprint density at radius 3 is 2.43 bits per heavy atom. The fraction of sp³-hybridized carbons (Fsp3) is 0.867. The van der Waals surface area contributed by atoms with Crippen molar-refractivity contribution in [3.8, 4) is 0 Å². The molecule has 130 valence electrons. The van der Waals surface area contributed by atoms with E-state index in [1.165, 1.54) is 0 Å². The highest BCUT2D eigenvalue weighted by Gasteiger charge is 2.43. The standard InChI is InChI=1S/C15H25N3O5/c1-15(2,3)23-14(20)17-8-6-10(7-9-17)13-11(18(21)22)4-5-12(19)16-13/h10-11,13H,4-9H2,1-3H3,(H,16,19)/t11-,13-/m0/s1. The first-order valence-electron chi connectivity index (χ1n) is 8.08. The van der Waals surface area contributed by atoms with Crippen molar-refractivity contribution in [1.29, 1.82) is 0 Å². The van der Waals surface area contributed by atoms with Gasteiger partial charge in [-0.15, -0.1) is 0 Å². The quantitative estimate of drug-likeness (QED) is 0.612. The molecule has 0 aliphatic carbocycles. The number of hydrogen-bond donors (Lipinski definition) is 1. The van der Waals surface area contributed by atoms with E-state index in [2.05, 4.69) is 5.32 Å². The number of nitrogens with one attached hydrogen (secondary N) is 1. The van der Waals surface area contributed by atoms with Gasteiger partial charge in [-0.25, -0.2) is 4.79 Å². The number of carbonyl (C=O) groups excluding carboxylic acids is 2. The second-order valence-corrected chi connectivity index (χ2v) is 7.29. The average molecular weight is 327 g/mol. The highest BCUT2D eigenvalue weighted by molar-refractivity contribution is 5.77. The van der Waals surface area contributed by atoms with Gasteiger partial charge in [0.1, 0.15) is 5.60 Å². The van der Waals surface area contributed by atoms with Gasteiger partial charge < -0.3 is 15.0 Å². The van der Waals surface area contributed by atoms with Gasteiger partial charge in [-0.3, -0.25) is 14.9 Å². The minimum absolute atomic E-state index is 0.0216. The van der Waals surface area contributed by atoms with Crippen LogP contribution in [0.25, 0.3) is 0 Å². The first-order chi connectivity index (χ1) is 10.7. The summed E-state index contributed by atoms with van der Waals surface area (Å²) < 4.78 is 5.34. The van der Waals surface area contributed by atoms with Crippen LogP contribution in [0, 0.1) is 16.0 Å². The normalized spacial score (nSPS) is 26.6. The topological polar surface area (TPSA) is 102 Å². The second kappa shape index (κ2) is 6.72. The summed E-state index contributed by atoms with van der Waals surface area (Å²) in [7, 11) is 0. The highest BCUT2D eigenvalue weighted by Crippen LogP contribution is 2.28. The molecular formula is C15H25N3O5. The third-order valence-corrected chi connectivity index (χ3v) is 4.38. The smallest absolute Gasteiger partial charge is 0.410 e. The molecule has 0 spiro atoms. The van der Waals surface area contributed by atoms with Crippen molar-refractivity contribution in [2.75, 3.05) is 13.1 Å². The van der Waals surface area contributed by atoms with Crippen LogP contribution in [-0.4, -0.2) is 52.6 Å². The molecule has 0 unspecified atom stereocenters. The van der Waals surface area contributed by atoms with Crippen LogP contribution in [0.15, 0.2) is 0 Å². The van der Waals surface area contributed by atoms with E-state index in [9.17, 15) is 19.7 Å². The number of piperidine rings is 2. The lowest BCUT2D eigenvalue weighted by Gasteiger charge is -2.38. The Kier molecular flexibility index (Phi) is 5.11. The van der Waals surface area contributed by atoms with Crippen molar-refractivity contribution in [3.05, 3.63) is 10.1 Å². The average Bonchev–Trinajstić information content (AvgIpc) is 2.45. The van der Waals surface area contributed by atoms with Gasteiger partial charge in [-0.05, 0) is 39.5 Å². The fourth-order valence-corrected chi connectivity index (χ4v) is 3.25. The predicted octanol–water partition coefficient (Wildman–Crippen LogP) is 1.56. The summed E-state index contributed by atoms with van der Waals surface area (Å²) in [6, 6.07) is -1.17. The molecule has 2 fully saturated rings. The van der Waals surface area contributed by atoms with Gasteiger partial charge in [-0.1, -0.05) is 0 Å². The molecule has 8 heteroatoms. The van der Waals surface area contributed by atoms with Crippen molar-refractivity contribution < 1.29 is 19.2 Å². The lowest BCUT2D eigenvalue weighted by atomic mass is 9.82. The Hall–Kier alpha value is -1.86. The summed E-state index contributed by atoms with van der Waals surface area (Å²) in [5.74, 6) is -0.101. The molecule has 2 heterocycles. The van der Waals surface area contributed by atoms with Gasteiger partial charge in [0.15, 0.2) is 0 Å². The van der Waals surface area contributed by atoms with Crippen LogP contribution < -0.4 is 5.32 Å². The van der Waals surface area contributed by atoms with Gasteiger partial charge in [0.05, 0.1) is 6.04 Å².